The third-order valence-electron chi connectivity index (χ3n) is 1.85. The van der Waals surface area contributed by atoms with Crippen LogP contribution in [0.15, 0.2) is 23.1 Å². The van der Waals surface area contributed by atoms with Crippen LogP contribution in [0.4, 0.5) is 5.69 Å². The smallest absolute Gasteiger partial charge is 0.294 e. The van der Waals surface area contributed by atoms with Gasteiger partial charge in [0.2, 0.25) is 0 Å². The topological polar surface area (TPSA) is 89.6 Å². The van der Waals surface area contributed by atoms with Gasteiger partial charge in [0, 0.05) is 0 Å². The molecule has 1 aromatic carbocycles. The van der Waals surface area contributed by atoms with Crippen molar-refractivity contribution in [3.63, 3.8) is 0 Å². The maximum atomic E-state index is 10.8. The molecule has 0 heterocycles. The lowest BCUT2D eigenvalue weighted by Gasteiger charge is -2.11. The molecule has 0 saturated carbocycles. The first-order chi connectivity index (χ1) is 7.30. The van der Waals surface area contributed by atoms with E-state index in [2.05, 4.69) is 0 Å². The summed E-state index contributed by atoms with van der Waals surface area (Å²) in [5.74, 6) is 0.766. The molecule has 1 rings (SSSR count). The van der Waals surface area contributed by atoms with Crippen LogP contribution in [0.25, 0.3) is 0 Å². The van der Waals surface area contributed by atoms with Gasteiger partial charge in [0.1, 0.15) is 5.75 Å². The van der Waals surface area contributed by atoms with Gasteiger partial charge in [-0.1, -0.05) is 13.8 Å². The van der Waals surface area contributed by atoms with Crippen LogP contribution < -0.4 is 10.5 Å². The van der Waals surface area contributed by atoms with E-state index in [-0.39, 0.29) is 10.6 Å². The van der Waals surface area contributed by atoms with Crippen LogP contribution in [0.2, 0.25) is 0 Å². The van der Waals surface area contributed by atoms with Crippen molar-refractivity contribution in [3.8, 4) is 5.75 Å². The molecule has 0 spiro atoms. The van der Waals surface area contributed by atoms with E-state index in [0.717, 1.165) is 0 Å². The summed E-state index contributed by atoms with van der Waals surface area (Å²) < 4.78 is 35.8. The Kier molecular flexibility index (Phi) is 3.77. The molecule has 0 aliphatic heterocycles. The van der Waals surface area contributed by atoms with E-state index in [4.69, 9.17) is 15.0 Å². The molecule has 5 nitrogen and oxygen atoms in total. The van der Waals surface area contributed by atoms with E-state index in [1.54, 1.807) is 0 Å². The van der Waals surface area contributed by atoms with Crippen LogP contribution in [0.5, 0.6) is 5.75 Å². The van der Waals surface area contributed by atoms with Crippen LogP contribution in [0.1, 0.15) is 13.8 Å². The molecule has 0 unspecified atom stereocenters. The molecular formula is C10H15NO4S. The van der Waals surface area contributed by atoms with E-state index in [1.807, 2.05) is 13.8 Å². The molecule has 0 bridgehead atoms. The van der Waals surface area contributed by atoms with Crippen LogP contribution in [0, 0.1) is 5.92 Å². The predicted molar refractivity (Wildman–Crippen MR) is 61.0 cm³/mol. The number of nitrogens with two attached hydrogens (primary N) is 1. The first-order valence-electron chi connectivity index (χ1n) is 4.80. The molecule has 0 aromatic heterocycles. The Morgan fingerprint density at radius 1 is 1.44 bits per heavy atom. The van der Waals surface area contributed by atoms with Crippen molar-refractivity contribution in [1.82, 2.24) is 0 Å². The van der Waals surface area contributed by atoms with Crippen LogP contribution in [-0.2, 0) is 10.1 Å². The number of ether oxygens (including phenoxy) is 1. The van der Waals surface area contributed by atoms with Crippen molar-refractivity contribution in [1.29, 1.82) is 0 Å². The summed E-state index contributed by atoms with van der Waals surface area (Å²) >= 11 is 0. The second-order valence-corrected chi connectivity index (χ2v) is 5.30. The van der Waals surface area contributed by atoms with Gasteiger partial charge < -0.3 is 10.5 Å². The van der Waals surface area contributed by atoms with Gasteiger partial charge in [-0.05, 0) is 24.1 Å². The maximum absolute atomic E-state index is 10.8. The third kappa shape index (κ3) is 3.39. The molecule has 16 heavy (non-hydrogen) atoms. The lowest BCUT2D eigenvalue weighted by atomic mass is 10.2. The monoisotopic (exact) mass is 245 g/mol. The zero-order valence-corrected chi connectivity index (χ0v) is 9.99. The summed E-state index contributed by atoms with van der Waals surface area (Å²) in [6, 6.07) is 3.85. The van der Waals surface area contributed by atoms with E-state index in [1.165, 1.54) is 18.2 Å². The van der Waals surface area contributed by atoms with Crippen LogP contribution in [-0.4, -0.2) is 19.6 Å². The van der Waals surface area contributed by atoms with Gasteiger partial charge in [0.05, 0.1) is 17.2 Å². The molecule has 0 aliphatic carbocycles. The molecule has 90 valence electrons. The molecule has 3 N–H and O–H groups in total. The van der Waals surface area contributed by atoms with Crippen molar-refractivity contribution in [2.24, 2.45) is 5.92 Å². The van der Waals surface area contributed by atoms with Crippen molar-refractivity contribution in [3.05, 3.63) is 18.2 Å². The Bertz CT molecular complexity index is 468. The van der Waals surface area contributed by atoms with Gasteiger partial charge in [-0.25, -0.2) is 0 Å². The highest BCUT2D eigenvalue weighted by Crippen LogP contribution is 2.25. The highest BCUT2D eigenvalue weighted by atomic mass is 32.2. The van der Waals surface area contributed by atoms with Crippen molar-refractivity contribution in [2.45, 2.75) is 18.7 Å². The fourth-order valence-electron chi connectivity index (χ4n) is 1.07. The SMILES string of the molecule is CC(C)COc1ccc(S(=O)(=O)O)cc1N. The van der Waals surface area contributed by atoms with Gasteiger partial charge in [0.25, 0.3) is 10.1 Å². The van der Waals surface area contributed by atoms with E-state index in [9.17, 15) is 8.42 Å². The Balaban J connectivity index is 2.92. The molecule has 6 heteroatoms. The Morgan fingerprint density at radius 3 is 2.50 bits per heavy atom. The quantitative estimate of drug-likeness (QED) is 0.620. The first-order valence-corrected chi connectivity index (χ1v) is 6.24. The summed E-state index contributed by atoms with van der Waals surface area (Å²) in [6.45, 7) is 4.47. The van der Waals surface area contributed by atoms with Gasteiger partial charge >= 0.3 is 0 Å². The molecule has 1 aromatic rings. The maximum Gasteiger partial charge on any atom is 0.294 e. The van der Waals surface area contributed by atoms with Gasteiger partial charge in [-0.3, -0.25) is 4.55 Å². The molecule has 0 amide bonds. The number of hydrogen-bond donors (Lipinski definition) is 2. The number of rotatable bonds is 4. The molecule has 0 saturated heterocycles. The Morgan fingerprint density at radius 2 is 2.06 bits per heavy atom. The highest BCUT2D eigenvalue weighted by Gasteiger charge is 2.12. The fraction of sp³-hybridized carbons (Fsp3) is 0.400. The average Bonchev–Trinajstić information content (AvgIpc) is 2.14. The minimum atomic E-state index is -4.21. The average molecular weight is 245 g/mol. The van der Waals surface area contributed by atoms with E-state index >= 15 is 0 Å². The lowest BCUT2D eigenvalue weighted by Crippen LogP contribution is -2.07. The summed E-state index contributed by atoms with van der Waals surface area (Å²) in [6.07, 6.45) is 0. The highest BCUT2D eigenvalue weighted by molar-refractivity contribution is 7.85. The molecular weight excluding hydrogens is 230 g/mol. The van der Waals surface area contributed by atoms with Gasteiger partial charge in [0.15, 0.2) is 0 Å². The van der Waals surface area contributed by atoms with Crippen molar-refractivity contribution in [2.75, 3.05) is 12.3 Å². The number of hydrogen-bond acceptors (Lipinski definition) is 4. The largest absolute Gasteiger partial charge is 0.491 e. The van der Waals surface area contributed by atoms with E-state index < -0.39 is 10.1 Å². The minimum Gasteiger partial charge on any atom is -0.491 e. The van der Waals surface area contributed by atoms with Crippen molar-refractivity contribution >= 4 is 15.8 Å². The summed E-state index contributed by atoms with van der Waals surface area (Å²) in [5, 5.41) is 0. The number of anilines is 1. The molecule has 0 fully saturated rings. The molecule has 0 aliphatic rings. The van der Waals surface area contributed by atoms with Gasteiger partial charge in [-0.2, -0.15) is 8.42 Å². The summed E-state index contributed by atoms with van der Waals surface area (Å²) in [5.41, 5.74) is 5.79. The van der Waals surface area contributed by atoms with Crippen molar-refractivity contribution < 1.29 is 17.7 Å². The van der Waals surface area contributed by atoms with Gasteiger partial charge in [-0.15, -0.1) is 0 Å². The zero-order valence-electron chi connectivity index (χ0n) is 9.17. The number of nitrogen functional groups attached to an aromatic ring is 1. The first kappa shape index (κ1) is 12.8. The molecule has 0 radical (unpaired) electrons. The second-order valence-electron chi connectivity index (χ2n) is 3.88. The standard InChI is InChI=1S/C10H15NO4S/c1-7(2)6-15-10-4-3-8(5-9(10)11)16(12,13)14/h3-5,7H,6,11H2,1-2H3,(H,12,13,14). The molecule has 0 atom stereocenters. The summed E-state index contributed by atoms with van der Waals surface area (Å²) in [4.78, 5) is -0.234. The zero-order chi connectivity index (χ0) is 12.3. The second kappa shape index (κ2) is 4.71. The Labute approximate surface area is 95.0 Å². The summed E-state index contributed by atoms with van der Waals surface area (Å²) in [7, 11) is -4.21. The fourth-order valence-corrected chi connectivity index (χ4v) is 1.59. The minimum absolute atomic E-state index is 0.191. The van der Waals surface area contributed by atoms with Crippen LogP contribution in [0.3, 0.4) is 0 Å². The normalized spacial score (nSPS) is 11.8. The van der Waals surface area contributed by atoms with E-state index in [0.29, 0.717) is 18.3 Å². The van der Waals surface area contributed by atoms with Crippen LogP contribution >= 0.6 is 0 Å². The number of benzene rings is 1. The predicted octanol–water partition coefficient (Wildman–Crippen LogP) is 1.55. The lowest BCUT2D eigenvalue weighted by molar-refractivity contribution is 0.272. The third-order valence-corrected chi connectivity index (χ3v) is 2.70. The Hall–Kier alpha value is -1.27.